The lowest BCUT2D eigenvalue weighted by atomic mass is 10.0. The van der Waals surface area contributed by atoms with E-state index in [9.17, 15) is 29.1 Å². The van der Waals surface area contributed by atoms with Crippen LogP contribution in [0.15, 0.2) is 38.9 Å². The number of fused-ring (bicyclic) bond motifs is 1. The van der Waals surface area contributed by atoms with Gasteiger partial charge < -0.3 is 35.2 Å². The number of carbonyl (C=O) groups is 3. The molecule has 0 spiro atoms. The van der Waals surface area contributed by atoms with Gasteiger partial charge in [-0.3, -0.25) is 24.1 Å². The topological polar surface area (TPSA) is 206 Å². The van der Waals surface area contributed by atoms with Crippen LogP contribution in [0.5, 0.6) is 5.75 Å². The molecule has 2 amide bonds. The minimum absolute atomic E-state index is 0.0909. The summed E-state index contributed by atoms with van der Waals surface area (Å²) in [5, 5.41) is 17.0. The van der Waals surface area contributed by atoms with E-state index in [-0.39, 0.29) is 28.0 Å². The number of oxime groups is 1. The number of aromatic nitrogens is 2. The third-order valence-corrected chi connectivity index (χ3v) is 8.35. The molecule has 1 fully saturated rings. The summed E-state index contributed by atoms with van der Waals surface area (Å²) in [5.41, 5.74) is 5.66. The van der Waals surface area contributed by atoms with E-state index < -0.39 is 46.8 Å². The van der Waals surface area contributed by atoms with Gasteiger partial charge in [0.15, 0.2) is 16.6 Å². The van der Waals surface area contributed by atoms with Crippen molar-refractivity contribution in [3.8, 4) is 5.75 Å². The first-order valence-electron chi connectivity index (χ1n) is 13.3. The van der Waals surface area contributed by atoms with Gasteiger partial charge >= 0.3 is 5.97 Å². The van der Waals surface area contributed by atoms with Gasteiger partial charge in [0.05, 0.1) is 19.8 Å². The molecule has 0 saturated carbocycles. The molecule has 15 nitrogen and oxygen atoms in total. The summed E-state index contributed by atoms with van der Waals surface area (Å²) in [4.78, 5) is 75.8. The molecule has 0 aromatic carbocycles. The molecule has 1 radical (unpaired) electrons. The van der Waals surface area contributed by atoms with E-state index in [0.29, 0.717) is 34.6 Å². The molecule has 0 bridgehead atoms. The number of allylic oxidation sites excluding steroid dienone is 1. The number of likely N-dealkylation sites (N-methyl/N-ethyl adjacent to an activating group) is 1. The number of aromatic hydroxyl groups is 1. The number of ether oxygens (including phenoxy) is 1. The molecule has 2 aliphatic rings. The number of pyridine rings is 1. The van der Waals surface area contributed by atoms with E-state index in [0.717, 1.165) is 11.3 Å². The average molecular weight is 648 g/mol. The van der Waals surface area contributed by atoms with Crippen molar-refractivity contribution >= 4 is 58.0 Å². The number of thiazole rings is 1. The Kier molecular flexibility index (Phi) is 9.50. The summed E-state index contributed by atoms with van der Waals surface area (Å²) in [6, 6.07) is 0.336. The standard InChI is InChI=1S/C27H32N7O8S2/c1-27(2,3)42-20(38)11-41-32-21(16-13-44-26(28)30-16)23(39)31-22-24(40)33-17(10-35)14(12-43-25(22)33)8-34(4,5)9-15-6-18(36)19(37)7-29-15/h6-7,13,22,25H,8-9,11-12H2,1-5H3,(H4-,28,29,30,31,32,36,37,39)/p+1/t22-,25-/m1/s1. The van der Waals surface area contributed by atoms with Crippen LogP contribution in [0.3, 0.4) is 0 Å². The number of nitrogens with two attached hydrogens (primary N) is 1. The predicted octanol–water partition coefficient (Wildman–Crippen LogP) is 0.222. The fraction of sp³-hybridized carbons (Fsp3) is 0.444. The van der Waals surface area contributed by atoms with Crippen LogP contribution >= 0.6 is 23.1 Å². The molecule has 5 N–H and O–H groups in total. The van der Waals surface area contributed by atoms with Gasteiger partial charge in [0.1, 0.15) is 41.5 Å². The maximum Gasteiger partial charge on any atom is 0.347 e. The van der Waals surface area contributed by atoms with Gasteiger partial charge in [0.25, 0.3) is 18.1 Å². The fourth-order valence-corrected chi connectivity index (χ4v) is 6.52. The molecule has 2 aromatic rings. The number of nitrogens with zero attached hydrogens (tertiary/aromatic N) is 4. The summed E-state index contributed by atoms with van der Waals surface area (Å²) in [7, 11) is 3.80. The molecule has 0 aliphatic carbocycles. The van der Waals surface area contributed by atoms with Gasteiger partial charge in [-0.15, -0.1) is 23.1 Å². The number of anilines is 1. The number of aromatic amines is 1. The third kappa shape index (κ3) is 7.64. The molecule has 4 heterocycles. The van der Waals surface area contributed by atoms with Crippen LogP contribution in [0.1, 0.15) is 32.2 Å². The number of nitrogen functional groups attached to an aromatic ring is 1. The molecule has 235 valence electrons. The van der Waals surface area contributed by atoms with Crippen molar-refractivity contribution in [2.45, 2.75) is 44.3 Å². The fourth-order valence-electron chi connectivity index (χ4n) is 4.63. The largest absolute Gasteiger partial charge is 0.503 e. The highest BCUT2D eigenvalue weighted by atomic mass is 32.2. The predicted molar refractivity (Wildman–Crippen MR) is 162 cm³/mol. The van der Waals surface area contributed by atoms with Crippen molar-refractivity contribution in [3.63, 3.8) is 0 Å². The minimum atomic E-state index is -0.978. The van der Waals surface area contributed by atoms with Crippen LogP contribution in [0.2, 0.25) is 0 Å². The Hall–Kier alpha value is -4.22. The zero-order valence-electron chi connectivity index (χ0n) is 24.7. The number of esters is 1. The maximum atomic E-state index is 13.3. The number of rotatable bonds is 11. The summed E-state index contributed by atoms with van der Waals surface area (Å²) < 4.78 is 5.50. The second-order valence-electron chi connectivity index (χ2n) is 11.7. The Morgan fingerprint density at radius 2 is 2.05 bits per heavy atom. The summed E-state index contributed by atoms with van der Waals surface area (Å²) >= 11 is 2.44. The molecule has 17 heteroatoms. The lowest BCUT2D eigenvalue weighted by Crippen LogP contribution is -2.70. The number of carbonyl (C=O) groups excluding carboxylic acids is 4. The average Bonchev–Trinajstić information content (AvgIpc) is 3.35. The monoisotopic (exact) mass is 647 g/mol. The second kappa shape index (κ2) is 12.8. The number of thioether (sulfide) groups is 1. The third-order valence-electron chi connectivity index (χ3n) is 6.34. The molecule has 2 aromatic heterocycles. The van der Waals surface area contributed by atoms with Gasteiger partial charge in [0, 0.05) is 29.0 Å². The Morgan fingerprint density at radius 3 is 2.66 bits per heavy atom. The first-order chi connectivity index (χ1) is 20.6. The van der Waals surface area contributed by atoms with E-state index in [2.05, 4.69) is 20.4 Å². The van der Waals surface area contributed by atoms with E-state index >= 15 is 0 Å². The maximum absolute atomic E-state index is 13.3. The minimum Gasteiger partial charge on any atom is -0.503 e. The highest BCUT2D eigenvalue weighted by molar-refractivity contribution is 8.00. The molecule has 44 heavy (non-hydrogen) atoms. The van der Waals surface area contributed by atoms with Crippen LogP contribution in [-0.4, -0.2) is 104 Å². The van der Waals surface area contributed by atoms with Crippen molar-refractivity contribution < 1.29 is 38.3 Å². The number of amides is 2. The second-order valence-corrected chi connectivity index (χ2v) is 13.7. The van der Waals surface area contributed by atoms with Crippen molar-refractivity contribution in [3.05, 3.63) is 50.5 Å². The highest BCUT2D eigenvalue weighted by Gasteiger charge is 2.53. The molecule has 0 unspecified atom stereocenters. The number of β-lactam (4-membered cyclic amide) rings is 1. The normalized spacial score (nSPS) is 18.8. The quantitative estimate of drug-likeness (QED) is 0.0853. The lowest BCUT2D eigenvalue weighted by molar-refractivity contribution is -0.899. The van der Waals surface area contributed by atoms with Crippen LogP contribution in [0.4, 0.5) is 5.13 Å². The Bertz CT molecular complexity index is 1590. The molecule has 4 rings (SSSR count). The molecule has 2 atom stereocenters. The van der Waals surface area contributed by atoms with E-state index in [1.807, 2.05) is 20.4 Å². The highest BCUT2D eigenvalue weighted by Crippen LogP contribution is 2.40. The van der Waals surface area contributed by atoms with Gasteiger partial charge in [-0.1, -0.05) is 5.16 Å². The molecule has 2 aliphatic heterocycles. The van der Waals surface area contributed by atoms with Crippen molar-refractivity contribution in [1.82, 2.24) is 20.2 Å². The van der Waals surface area contributed by atoms with Gasteiger partial charge in [0.2, 0.25) is 12.0 Å². The number of H-pyrrole nitrogens is 1. The van der Waals surface area contributed by atoms with Crippen LogP contribution in [-0.2, 0) is 35.3 Å². The molecular weight excluding hydrogens is 614 g/mol. The molecule has 1 saturated heterocycles. The smallest absolute Gasteiger partial charge is 0.347 e. The SMILES string of the molecule is CC(C)(C)OC(=O)CO/N=C(/C(=O)N[C@@H]1C(=O)N2C([C]=O)=C(C[N+](C)(C)Cc3cc(=O)c(O)c[nH]3)CS[C@H]12)c1csc(N)n1. The zero-order chi connectivity index (χ0) is 32.4. The Morgan fingerprint density at radius 1 is 1.32 bits per heavy atom. The number of hydrogen-bond acceptors (Lipinski definition) is 13. The lowest BCUT2D eigenvalue weighted by Gasteiger charge is -2.49. The van der Waals surface area contributed by atoms with Gasteiger partial charge in [-0.05, 0) is 20.8 Å². The van der Waals surface area contributed by atoms with Gasteiger partial charge in [-0.25, -0.2) is 9.78 Å². The first kappa shape index (κ1) is 32.7. The summed E-state index contributed by atoms with van der Waals surface area (Å²) in [5.74, 6) is -1.98. The first-order valence-corrected chi connectivity index (χ1v) is 15.2. The van der Waals surface area contributed by atoms with Crippen LogP contribution in [0.25, 0.3) is 0 Å². The van der Waals surface area contributed by atoms with E-state index in [1.165, 1.54) is 34.3 Å². The van der Waals surface area contributed by atoms with Crippen LogP contribution < -0.4 is 16.5 Å². The number of nitrogens with one attached hydrogen (secondary N) is 2. The number of hydrogen-bond donors (Lipinski definition) is 4. The van der Waals surface area contributed by atoms with Gasteiger partial charge in [-0.2, -0.15) is 0 Å². The van der Waals surface area contributed by atoms with E-state index in [4.69, 9.17) is 15.3 Å². The van der Waals surface area contributed by atoms with E-state index in [1.54, 1.807) is 20.8 Å². The Balaban J connectivity index is 1.46. The summed E-state index contributed by atoms with van der Waals surface area (Å²) in [6.45, 7) is 5.27. The van der Waals surface area contributed by atoms with Crippen molar-refractivity contribution in [1.29, 1.82) is 0 Å². The number of quaternary nitrogens is 1. The van der Waals surface area contributed by atoms with Crippen molar-refractivity contribution in [2.75, 3.05) is 38.7 Å². The van der Waals surface area contributed by atoms with Crippen LogP contribution in [0, 0.1) is 0 Å². The zero-order valence-corrected chi connectivity index (χ0v) is 26.3. The van der Waals surface area contributed by atoms with Crippen molar-refractivity contribution in [2.24, 2.45) is 5.16 Å². The summed E-state index contributed by atoms with van der Waals surface area (Å²) in [6.07, 6.45) is 3.12. The molecular formula is C27H33N7O8S2+. The Labute approximate surface area is 260 Å².